The monoisotopic (exact) mass is 322 g/mol. The van der Waals surface area contributed by atoms with Gasteiger partial charge in [-0.2, -0.15) is 0 Å². The number of rotatable bonds is 1. The molecule has 6 rings (SSSR count). The van der Waals surface area contributed by atoms with Crippen LogP contribution in [-0.4, -0.2) is 35.5 Å². The van der Waals surface area contributed by atoms with Crippen LogP contribution in [0.15, 0.2) is 35.9 Å². The highest BCUT2D eigenvalue weighted by molar-refractivity contribution is 5.86. The van der Waals surface area contributed by atoms with Crippen LogP contribution in [0.1, 0.15) is 30.6 Å². The summed E-state index contributed by atoms with van der Waals surface area (Å²) >= 11 is 0. The number of carbonyl (C=O) groups excluding carboxylic acids is 1. The van der Waals surface area contributed by atoms with Gasteiger partial charge in [0.05, 0.1) is 19.1 Å². The molecule has 1 N–H and O–H groups in total. The lowest BCUT2D eigenvalue weighted by Gasteiger charge is -2.57. The lowest BCUT2D eigenvalue weighted by atomic mass is 9.64. The fourth-order valence-corrected chi connectivity index (χ4v) is 5.39. The number of nitrogens with zero attached hydrogens (tertiary/aromatic N) is 1. The minimum atomic E-state index is -0.0456. The maximum absolute atomic E-state index is 12.5. The molecule has 4 heteroatoms. The number of piperidine rings is 3. The van der Waals surface area contributed by atoms with Gasteiger partial charge in [0.1, 0.15) is 0 Å². The Labute approximate surface area is 141 Å². The summed E-state index contributed by atoms with van der Waals surface area (Å²) in [5.41, 5.74) is 5.40. The molecule has 0 aliphatic carbocycles. The van der Waals surface area contributed by atoms with Crippen LogP contribution >= 0.6 is 0 Å². The molecule has 1 aromatic carbocycles. The summed E-state index contributed by atoms with van der Waals surface area (Å²) < 4.78 is 5.18. The van der Waals surface area contributed by atoms with Gasteiger partial charge in [-0.1, -0.05) is 29.8 Å². The lowest BCUT2D eigenvalue weighted by molar-refractivity contribution is -0.157. The summed E-state index contributed by atoms with van der Waals surface area (Å²) in [5, 5.41) is 1.32. The Balaban J connectivity index is 1.67. The third kappa shape index (κ3) is 1.69. The number of para-hydroxylation sites is 1. The third-order valence-corrected chi connectivity index (χ3v) is 6.43. The van der Waals surface area contributed by atoms with Gasteiger partial charge >= 0.3 is 5.97 Å². The molecule has 24 heavy (non-hydrogen) atoms. The van der Waals surface area contributed by atoms with Crippen LogP contribution in [0, 0.1) is 11.8 Å². The number of aromatic nitrogens is 1. The number of benzene rings is 1. The number of methoxy groups -OCH3 is 1. The highest BCUT2D eigenvalue weighted by Gasteiger charge is 2.55. The SMILES string of the molecule is C/C=C1\CN2C3CC1C(C(=O)OC)C2Cc1c3[nH]c2ccccc12. The molecule has 4 bridgehead atoms. The molecule has 0 radical (unpaired) electrons. The van der Waals surface area contributed by atoms with Gasteiger partial charge in [0.25, 0.3) is 0 Å². The highest BCUT2D eigenvalue weighted by atomic mass is 16.5. The van der Waals surface area contributed by atoms with E-state index in [9.17, 15) is 4.79 Å². The molecule has 2 aromatic rings. The minimum Gasteiger partial charge on any atom is -0.469 e. The third-order valence-electron chi connectivity index (χ3n) is 6.43. The molecular formula is C20H22N2O2. The number of carbonyl (C=O) groups is 1. The summed E-state index contributed by atoms with van der Waals surface area (Å²) in [7, 11) is 1.52. The van der Waals surface area contributed by atoms with Crippen LogP contribution in [-0.2, 0) is 16.0 Å². The molecule has 4 nitrogen and oxygen atoms in total. The van der Waals surface area contributed by atoms with Crippen LogP contribution in [0.3, 0.4) is 0 Å². The average molecular weight is 322 g/mol. The van der Waals surface area contributed by atoms with Crippen LogP contribution < -0.4 is 0 Å². The van der Waals surface area contributed by atoms with Crippen molar-refractivity contribution in [3.63, 3.8) is 0 Å². The van der Waals surface area contributed by atoms with Gasteiger partial charge in [-0.3, -0.25) is 9.69 Å². The quantitative estimate of drug-likeness (QED) is 0.648. The van der Waals surface area contributed by atoms with Crippen LogP contribution in [0.4, 0.5) is 0 Å². The topological polar surface area (TPSA) is 45.3 Å². The summed E-state index contributed by atoms with van der Waals surface area (Å²) in [5.74, 6) is 0.241. The number of hydrogen-bond acceptors (Lipinski definition) is 3. The molecule has 4 aliphatic rings. The van der Waals surface area contributed by atoms with Crippen molar-refractivity contribution in [2.75, 3.05) is 13.7 Å². The van der Waals surface area contributed by atoms with Gasteiger partial charge in [0.2, 0.25) is 0 Å². The summed E-state index contributed by atoms with van der Waals surface area (Å²) in [6, 6.07) is 9.20. The number of nitrogens with one attached hydrogen (secondary N) is 1. The second-order valence-corrected chi connectivity index (χ2v) is 7.28. The van der Waals surface area contributed by atoms with Gasteiger partial charge in [0.15, 0.2) is 0 Å². The van der Waals surface area contributed by atoms with Crippen molar-refractivity contribution in [3.8, 4) is 0 Å². The molecule has 3 saturated heterocycles. The fraction of sp³-hybridized carbons (Fsp3) is 0.450. The Hall–Kier alpha value is -2.07. The molecule has 0 amide bonds. The zero-order valence-corrected chi connectivity index (χ0v) is 14.1. The zero-order chi connectivity index (χ0) is 16.4. The average Bonchev–Trinajstić information content (AvgIpc) is 2.99. The van der Waals surface area contributed by atoms with Crippen molar-refractivity contribution < 1.29 is 9.53 Å². The van der Waals surface area contributed by atoms with E-state index < -0.39 is 0 Å². The molecular weight excluding hydrogens is 300 g/mol. The minimum absolute atomic E-state index is 0.0342. The van der Waals surface area contributed by atoms with Crippen molar-refractivity contribution in [1.82, 2.24) is 9.88 Å². The Morgan fingerprint density at radius 1 is 1.38 bits per heavy atom. The van der Waals surface area contributed by atoms with E-state index in [0.717, 1.165) is 19.4 Å². The smallest absolute Gasteiger partial charge is 0.310 e. The maximum atomic E-state index is 12.5. The molecule has 5 unspecified atom stereocenters. The predicted octanol–water partition coefficient (Wildman–Crippen LogP) is 3.20. The number of aromatic amines is 1. The second-order valence-electron chi connectivity index (χ2n) is 7.28. The zero-order valence-electron chi connectivity index (χ0n) is 14.1. The van der Waals surface area contributed by atoms with Crippen molar-refractivity contribution in [2.24, 2.45) is 11.8 Å². The van der Waals surface area contributed by atoms with Crippen LogP contribution in [0.25, 0.3) is 10.9 Å². The molecule has 3 fully saturated rings. The van der Waals surface area contributed by atoms with E-state index in [-0.39, 0.29) is 17.9 Å². The van der Waals surface area contributed by atoms with Gasteiger partial charge in [-0.15, -0.1) is 0 Å². The van der Waals surface area contributed by atoms with E-state index in [1.165, 1.54) is 34.8 Å². The largest absolute Gasteiger partial charge is 0.469 e. The fourth-order valence-electron chi connectivity index (χ4n) is 5.39. The summed E-state index contributed by atoms with van der Waals surface area (Å²) in [6.45, 7) is 3.08. The molecule has 0 spiro atoms. The maximum Gasteiger partial charge on any atom is 0.310 e. The molecule has 5 heterocycles. The number of H-pyrrole nitrogens is 1. The van der Waals surface area contributed by atoms with Gasteiger partial charge < -0.3 is 9.72 Å². The van der Waals surface area contributed by atoms with E-state index in [4.69, 9.17) is 4.74 Å². The molecule has 124 valence electrons. The number of hydrogen-bond donors (Lipinski definition) is 1. The van der Waals surface area contributed by atoms with Crippen molar-refractivity contribution >= 4 is 16.9 Å². The standard InChI is InChI=1S/C20H22N2O2/c1-3-11-10-22-16-9-14-12-6-4-5-7-15(12)21-19(14)17(22)8-13(11)18(16)20(23)24-2/h3-7,13,16-18,21H,8-10H2,1-2H3/b11-3+. The summed E-state index contributed by atoms with van der Waals surface area (Å²) in [6.07, 6.45) is 4.15. The Morgan fingerprint density at radius 2 is 2.21 bits per heavy atom. The van der Waals surface area contributed by atoms with Gasteiger partial charge in [0, 0.05) is 29.2 Å². The molecule has 5 atom stereocenters. The Morgan fingerprint density at radius 3 is 3.00 bits per heavy atom. The van der Waals surface area contributed by atoms with E-state index >= 15 is 0 Å². The summed E-state index contributed by atoms with van der Waals surface area (Å²) in [4.78, 5) is 18.8. The molecule has 4 aliphatic heterocycles. The highest BCUT2D eigenvalue weighted by Crippen LogP contribution is 2.54. The van der Waals surface area contributed by atoms with E-state index in [0.29, 0.717) is 12.0 Å². The normalized spacial score (nSPS) is 35.2. The Kier molecular flexibility index (Phi) is 2.95. The van der Waals surface area contributed by atoms with Gasteiger partial charge in [-0.05, 0) is 37.3 Å². The first-order valence-corrected chi connectivity index (χ1v) is 8.81. The first-order valence-electron chi connectivity index (χ1n) is 8.81. The molecule has 1 aromatic heterocycles. The van der Waals surface area contributed by atoms with E-state index in [2.05, 4.69) is 47.1 Å². The number of allylic oxidation sites excluding steroid dienone is 1. The second kappa shape index (κ2) is 4.96. The van der Waals surface area contributed by atoms with Crippen molar-refractivity contribution in [3.05, 3.63) is 47.2 Å². The Bertz CT molecular complexity index is 866. The first kappa shape index (κ1) is 14.3. The number of fused-ring (bicyclic) bond motifs is 4. The predicted molar refractivity (Wildman–Crippen MR) is 92.6 cm³/mol. The first-order chi connectivity index (χ1) is 11.7. The van der Waals surface area contributed by atoms with Crippen LogP contribution in [0.2, 0.25) is 0 Å². The van der Waals surface area contributed by atoms with Gasteiger partial charge in [-0.25, -0.2) is 0 Å². The number of ether oxygens (including phenoxy) is 1. The van der Waals surface area contributed by atoms with Crippen LogP contribution in [0.5, 0.6) is 0 Å². The van der Waals surface area contributed by atoms with E-state index in [1.54, 1.807) is 0 Å². The molecule has 0 saturated carbocycles. The van der Waals surface area contributed by atoms with Crippen molar-refractivity contribution in [2.45, 2.75) is 31.8 Å². The lowest BCUT2D eigenvalue weighted by Crippen LogP contribution is -2.62. The number of esters is 1. The van der Waals surface area contributed by atoms with E-state index in [1.807, 2.05) is 0 Å². The van der Waals surface area contributed by atoms with Crippen molar-refractivity contribution in [1.29, 1.82) is 0 Å².